The van der Waals surface area contributed by atoms with E-state index in [9.17, 15) is 4.21 Å². The van der Waals surface area contributed by atoms with Crippen LogP contribution in [0.3, 0.4) is 0 Å². The molecule has 4 atom stereocenters. The molecule has 1 aliphatic heterocycles. The van der Waals surface area contributed by atoms with Crippen LogP contribution < -0.4 is 10.6 Å². The maximum Gasteiger partial charge on any atom is 0.191 e. The number of nitrogens with one attached hydrogen (secondary N) is 2. The van der Waals surface area contributed by atoms with E-state index < -0.39 is 10.8 Å². The second-order valence-electron chi connectivity index (χ2n) is 8.09. The molecule has 1 aliphatic carbocycles. The largest absolute Gasteiger partial charge is 0.357 e. The van der Waals surface area contributed by atoms with Crippen molar-refractivity contribution in [2.24, 2.45) is 10.9 Å². The van der Waals surface area contributed by atoms with Crippen LogP contribution in [-0.2, 0) is 10.8 Å². The minimum absolute atomic E-state index is 0. The van der Waals surface area contributed by atoms with Gasteiger partial charge in [-0.05, 0) is 65.0 Å². The Balaban J connectivity index is 0.00000364. The van der Waals surface area contributed by atoms with Gasteiger partial charge in [0.05, 0.1) is 6.54 Å². The van der Waals surface area contributed by atoms with Crippen LogP contribution >= 0.6 is 24.0 Å². The molecule has 4 unspecified atom stereocenters. The van der Waals surface area contributed by atoms with Gasteiger partial charge in [-0.3, -0.25) is 14.1 Å². The first-order chi connectivity index (χ1) is 12.5. The lowest BCUT2D eigenvalue weighted by Crippen LogP contribution is -2.47. The van der Waals surface area contributed by atoms with Crippen LogP contribution in [0.5, 0.6) is 0 Å². The normalized spacial score (nSPS) is 27.5. The average Bonchev–Trinajstić information content (AvgIpc) is 2.66. The molecule has 2 N–H and O–H groups in total. The van der Waals surface area contributed by atoms with Crippen LogP contribution in [0.25, 0.3) is 0 Å². The van der Waals surface area contributed by atoms with Crippen LogP contribution in [-0.4, -0.2) is 64.3 Å². The lowest BCUT2D eigenvalue weighted by Gasteiger charge is -2.34. The zero-order valence-corrected chi connectivity index (χ0v) is 20.9. The molecule has 0 spiro atoms. The summed E-state index contributed by atoms with van der Waals surface area (Å²) in [6.07, 6.45) is 7.05. The molecule has 0 radical (unpaired) electrons. The Morgan fingerprint density at radius 2 is 1.93 bits per heavy atom. The van der Waals surface area contributed by atoms with Gasteiger partial charge in [0.25, 0.3) is 0 Å². The second-order valence-corrected chi connectivity index (χ2v) is 10.1. The van der Waals surface area contributed by atoms with Crippen molar-refractivity contribution in [1.82, 2.24) is 15.5 Å². The first-order valence-electron chi connectivity index (χ1n) is 10.7. The van der Waals surface area contributed by atoms with E-state index in [4.69, 9.17) is 4.99 Å². The number of hydrogen-bond donors (Lipinski definition) is 2. The summed E-state index contributed by atoms with van der Waals surface area (Å²) in [4.78, 5) is 7.45. The van der Waals surface area contributed by atoms with Crippen molar-refractivity contribution in [1.29, 1.82) is 0 Å². The Morgan fingerprint density at radius 1 is 1.22 bits per heavy atom. The highest BCUT2D eigenvalue weighted by molar-refractivity contribution is 14.0. The smallest absolute Gasteiger partial charge is 0.191 e. The van der Waals surface area contributed by atoms with Gasteiger partial charge in [0.15, 0.2) is 5.96 Å². The summed E-state index contributed by atoms with van der Waals surface area (Å²) in [6.45, 7) is 12.9. The molecular weight excluding hydrogens is 471 g/mol. The SMILES string of the molecule is CCNC(=NCC(C)N1CCC(C)CC1)NC1CCCC(S(=O)CC)C1.I. The Bertz CT molecular complexity index is 469. The highest BCUT2D eigenvalue weighted by atomic mass is 127. The van der Waals surface area contributed by atoms with Crippen molar-refractivity contribution >= 4 is 40.7 Å². The molecule has 5 nitrogen and oxygen atoms in total. The third-order valence-electron chi connectivity index (χ3n) is 5.92. The zero-order chi connectivity index (χ0) is 18.9. The number of nitrogens with zero attached hydrogens (tertiary/aromatic N) is 2. The summed E-state index contributed by atoms with van der Waals surface area (Å²) < 4.78 is 12.2. The first kappa shape index (κ1) is 25.1. The molecule has 27 heavy (non-hydrogen) atoms. The predicted molar refractivity (Wildman–Crippen MR) is 129 cm³/mol. The molecule has 1 saturated heterocycles. The van der Waals surface area contributed by atoms with Gasteiger partial charge in [0, 0.05) is 40.4 Å². The van der Waals surface area contributed by atoms with Crippen molar-refractivity contribution < 1.29 is 4.21 Å². The predicted octanol–water partition coefficient (Wildman–Crippen LogP) is 3.36. The van der Waals surface area contributed by atoms with E-state index in [0.29, 0.717) is 17.3 Å². The van der Waals surface area contributed by atoms with Gasteiger partial charge in [0.1, 0.15) is 0 Å². The van der Waals surface area contributed by atoms with E-state index in [0.717, 1.165) is 56.4 Å². The van der Waals surface area contributed by atoms with Gasteiger partial charge in [-0.2, -0.15) is 0 Å². The minimum Gasteiger partial charge on any atom is -0.357 e. The molecule has 2 aliphatic rings. The maximum absolute atomic E-state index is 12.2. The van der Waals surface area contributed by atoms with Crippen molar-refractivity contribution in [2.75, 3.05) is 31.9 Å². The average molecular weight is 513 g/mol. The number of hydrogen-bond acceptors (Lipinski definition) is 3. The Kier molecular flexibility index (Phi) is 12.4. The Morgan fingerprint density at radius 3 is 2.56 bits per heavy atom. The summed E-state index contributed by atoms with van der Waals surface area (Å²) in [5, 5.41) is 7.37. The summed E-state index contributed by atoms with van der Waals surface area (Å²) in [7, 11) is -0.677. The Labute approximate surface area is 186 Å². The summed E-state index contributed by atoms with van der Waals surface area (Å²) >= 11 is 0. The van der Waals surface area contributed by atoms with Gasteiger partial charge in [0.2, 0.25) is 0 Å². The number of piperidine rings is 1. The number of halogens is 1. The fourth-order valence-corrected chi connectivity index (χ4v) is 5.42. The minimum atomic E-state index is -0.677. The highest BCUT2D eigenvalue weighted by Crippen LogP contribution is 2.23. The molecule has 2 rings (SSSR count). The van der Waals surface area contributed by atoms with Crippen LogP contribution in [0.2, 0.25) is 0 Å². The molecular formula is C20H41IN4OS. The standard InChI is InChI=1S/C20H40N4OS.HI/c1-5-21-20(22-15-17(4)24-12-10-16(3)11-13-24)23-18-8-7-9-19(14-18)26(25)6-2;/h16-19H,5-15H2,1-4H3,(H2,21,22,23);1H. The van der Waals surface area contributed by atoms with Gasteiger partial charge < -0.3 is 10.6 Å². The van der Waals surface area contributed by atoms with Crippen molar-refractivity contribution in [3.05, 3.63) is 0 Å². The van der Waals surface area contributed by atoms with Gasteiger partial charge in [-0.1, -0.05) is 20.3 Å². The monoisotopic (exact) mass is 512 g/mol. The molecule has 1 heterocycles. The maximum atomic E-state index is 12.2. The molecule has 160 valence electrons. The summed E-state index contributed by atoms with van der Waals surface area (Å²) in [5.41, 5.74) is 0. The molecule has 0 aromatic rings. The highest BCUT2D eigenvalue weighted by Gasteiger charge is 2.26. The summed E-state index contributed by atoms with van der Waals surface area (Å²) in [6, 6.07) is 0.887. The quantitative estimate of drug-likeness (QED) is 0.312. The fourth-order valence-electron chi connectivity index (χ4n) is 4.07. The van der Waals surface area contributed by atoms with E-state index in [1.54, 1.807) is 0 Å². The van der Waals surface area contributed by atoms with E-state index in [-0.39, 0.29) is 24.0 Å². The first-order valence-corrected chi connectivity index (χ1v) is 12.1. The summed E-state index contributed by atoms with van der Waals surface area (Å²) in [5.74, 6) is 2.57. The molecule has 0 bridgehead atoms. The lowest BCUT2D eigenvalue weighted by molar-refractivity contribution is 0.150. The number of rotatable bonds is 7. The Hall–Kier alpha value is 0.110. The van der Waals surface area contributed by atoms with Gasteiger partial charge in [-0.25, -0.2) is 0 Å². The third-order valence-corrected chi connectivity index (χ3v) is 7.66. The lowest BCUT2D eigenvalue weighted by atomic mass is 9.95. The van der Waals surface area contributed by atoms with Crippen molar-refractivity contribution in [2.45, 2.75) is 83.6 Å². The topological polar surface area (TPSA) is 56.7 Å². The third kappa shape index (κ3) is 8.56. The van der Waals surface area contributed by atoms with E-state index >= 15 is 0 Å². The zero-order valence-electron chi connectivity index (χ0n) is 17.7. The molecule has 7 heteroatoms. The van der Waals surface area contributed by atoms with Crippen LogP contribution in [0.15, 0.2) is 4.99 Å². The van der Waals surface area contributed by atoms with Crippen LogP contribution in [0.4, 0.5) is 0 Å². The molecule has 1 saturated carbocycles. The van der Waals surface area contributed by atoms with E-state index in [1.165, 1.54) is 25.9 Å². The number of likely N-dealkylation sites (tertiary alicyclic amines) is 1. The molecule has 0 amide bonds. The molecule has 0 aromatic carbocycles. The number of guanidine groups is 1. The van der Waals surface area contributed by atoms with Gasteiger partial charge in [-0.15, -0.1) is 24.0 Å². The molecule has 0 aromatic heterocycles. The van der Waals surface area contributed by atoms with Crippen LogP contribution in [0, 0.1) is 5.92 Å². The van der Waals surface area contributed by atoms with Crippen LogP contribution in [0.1, 0.15) is 66.2 Å². The fraction of sp³-hybridized carbons (Fsp3) is 0.950. The van der Waals surface area contributed by atoms with Gasteiger partial charge >= 0.3 is 0 Å². The number of aliphatic imine (C=N–C) groups is 1. The second kappa shape index (κ2) is 13.4. The van der Waals surface area contributed by atoms with E-state index in [2.05, 4.69) is 36.3 Å². The van der Waals surface area contributed by atoms with Crippen molar-refractivity contribution in [3.63, 3.8) is 0 Å². The van der Waals surface area contributed by atoms with Crippen molar-refractivity contribution in [3.8, 4) is 0 Å². The van der Waals surface area contributed by atoms with E-state index in [1.807, 2.05) is 6.92 Å². The molecule has 2 fully saturated rings.